The molecule has 0 saturated carbocycles. The Morgan fingerprint density at radius 2 is 1.87 bits per heavy atom. The minimum Gasteiger partial charge on any atom is -0.508 e. The number of amides is 2. The van der Waals surface area contributed by atoms with E-state index in [9.17, 15) is 19.1 Å². The largest absolute Gasteiger partial charge is 0.508 e. The molecule has 0 heterocycles. The van der Waals surface area contributed by atoms with Crippen LogP contribution < -0.4 is 10.6 Å². The van der Waals surface area contributed by atoms with E-state index in [1.165, 1.54) is 24.3 Å². The van der Waals surface area contributed by atoms with Gasteiger partial charge in [-0.3, -0.25) is 9.59 Å². The van der Waals surface area contributed by atoms with Gasteiger partial charge in [0.25, 0.3) is 5.91 Å². The maximum absolute atomic E-state index is 13.7. The van der Waals surface area contributed by atoms with E-state index in [4.69, 9.17) is 0 Å². The van der Waals surface area contributed by atoms with Crippen molar-refractivity contribution in [1.82, 2.24) is 5.32 Å². The van der Waals surface area contributed by atoms with Gasteiger partial charge in [-0.1, -0.05) is 42.8 Å². The molecular weight excluding hydrogens is 395 g/mol. The predicted molar refractivity (Wildman–Crippen MR) is 119 cm³/mol. The molecule has 2 aromatic carbocycles. The van der Waals surface area contributed by atoms with Gasteiger partial charge in [0.15, 0.2) is 0 Å². The summed E-state index contributed by atoms with van der Waals surface area (Å²) in [5.41, 5.74) is 3.38. The van der Waals surface area contributed by atoms with Gasteiger partial charge in [-0.2, -0.15) is 0 Å². The summed E-state index contributed by atoms with van der Waals surface area (Å²) in [6.07, 6.45) is 4.84. The van der Waals surface area contributed by atoms with E-state index < -0.39 is 17.8 Å². The molecule has 31 heavy (non-hydrogen) atoms. The number of rotatable bonds is 6. The number of hydrogen-bond donors (Lipinski definition) is 3. The van der Waals surface area contributed by atoms with Gasteiger partial charge in [-0.25, -0.2) is 4.39 Å². The van der Waals surface area contributed by atoms with E-state index in [1.807, 2.05) is 13.0 Å². The Hall–Kier alpha value is -3.41. The second-order valence-corrected chi connectivity index (χ2v) is 7.98. The summed E-state index contributed by atoms with van der Waals surface area (Å²) < 4.78 is 13.7. The zero-order valence-corrected chi connectivity index (χ0v) is 17.9. The minimum atomic E-state index is -0.884. The maximum Gasteiger partial charge on any atom is 0.251 e. The minimum absolute atomic E-state index is 0.117. The van der Waals surface area contributed by atoms with Crippen LogP contribution in [0.3, 0.4) is 0 Å². The van der Waals surface area contributed by atoms with Gasteiger partial charge in [0.05, 0.1) is 0 Å². The van der Waals surface area contributed by atoms with Crippen LogP contribution in [0.1, 0.15) is 31.4 Å². The first-order chi connectivity index (χ1) is 14.7. The summed E-state index contributed by atoms with van der Waals surface area (Å²) >= 11 is 0. The third-order valence-corrected chi connectivity index (χ3v) is 5.64. The Morgan fingerprint density at radius 3 is 2.58 bits per heavy atom. The highest BCUT2D eigenvalue weighted by Gasteiger charge is 2.25. The molecule has 2 amide bonds. The number of benzene rings is 2. The number of aryl methyl sites for hydroxylation is 1. The Labute approximate surface area is 181 Å². The topological polar surface area (TPSA) is 78.4 Å². The quantitative estimate of drug-likeness (QED) is 0.645. The molecule has 3 N–H and O–H groups in total. The number of anilines is 1. The summed E-state index contributed by atoms with van der Waals surface area (Å²) in [5, 5.41) is 15.1. The first kappa shape index (κ1) is 22.3. The summed E-state index contributed by atoms with van der Waals surface area (Å²) in [6.45, 7) is 5.75. The molecule has 2 aromatic rings. The van der Waals surface area contributed by atoms with Gasteiger partial charge in [0.2, 0.25) is 5.91 Å². The fourth-order valence-corrected chi connectivity index (χ4v) is 3.48. The molecule has 3 rings (SSSR count). The van der Waals surface area contributed by atoms with Gasteiger partial charge in [0, 0.05) is 17.7 Å². The van der Waals surface area contributed by atoms with Crippen LogP contribution in [0, 0.1) is 18.7 Å². The van der Waals surface area contributed by atoms with Crippen molar-refractivity contribution in [1.29, 1.82) is 0 Å². The molecule has 6 heteroatoms. The average Bonchev–Trinajstić information content (AvgIpc) is 2.73. The lowest BCUT2D eigenvalue weighted by atomic mass is 9.89. The van der Waals surface area contributed by atoms with E-state index >= 15 is 0 Å². The number of hydrogen-bond acceptors (Lipinski definition) is 3. The highest BCUT2D eigenvalue weighted by molar-refractivity contribution is 6.03. The molecule has 0 aliphatic heterocycles. The van der Waals surface area contributed by atoms with Crippen molar-refractivity contribution in [3.05, 3.63) is 82.7 Å². The third-order valence-electron chi connectivity index (χ3n) is 5.64. The molecule has 2 atom stereocenters. The molecule has 0 radical (unpaired) electrons. The molecular formula is C25H27FN2O3. The standard InChI is InChI=1S/C25H27FN2O3/c1-15-5-4-6-21(17(15)3)24(30)28-23(13-18-8-11-20(29)12-9-18)25(31)27-22-14-19(26)10-7-16(22)2/h4,6-12,14-15,23,29H,5,13H2,1-3H3,(H,27,31)(H,28,30). The fourth-order valence-electron chi connectivity index (χ4n) is 3.48. The van der Waals surface area contributed by atoms with Crippen LogP contribution in [0.25, 0.3) is 0 Å². The molecule has 0 aromatic heterocycles. The number of aromatic hydroxyl groups is 1. The number of phenols is 1. The number of carbonyl (C=O) groups is 2. The van der Waals surface area contributed by atoms with Gasteiger partial charge in [-0.15, -0.1) is 0 Å². The molecule has 5 nitrogen and oxygen atoms in total. The summed E-state index contributed by atoms with van der Waals surface area (Å²) in [7, 11) is 0. The van der Waals surface area contributed by atoms with Crippen molar-refractivity contribution in [3.8, 4) is 5.75 Å². The Balaban J connectivity index is 1.85. The van der Waals surface area contributed by atoms with Crippen molar-refractivity contribution in [2.45, 2.75) is 39.7 Å². The molecule has 162 valence electrons. The summed E-state index contributed by atoms with van der Waals surface area (Å²) in [4.78, 5) is 26.1. The van der Waals surface area contributed by atoms with Crippen molar-refractivity contribution in [3.63, 3.8) is 0 Å². The number of carbonyl (C=O) groups excluding carboxylic acids is 2. The number of nitrogens with one attached hydrogen (secondary N) is 2. The van der Waals surface area contributed by atoms with Gasteiger partial charge < -0.3 is 15.7 Å². The van der Waals surface area contributed by atoms with E-state index in [0.717, 1.165) is 17.6 Å². The van der Waals surface area contributed by atoms with Crippen LogP contribution in [-0.4, -0.2) is 23.0 Å². The van der Waals surface area contributed by atoms with Crippen molar-refractivity contribution in [2.24, 2.45) is 5.92 Å². The van der Waals surface area contributed by atoms with Crippen LogP contribution >= 0.6 is 0 Å². The molecule has 2 unspecified atom stereocenters. The summed E-state index contributed by atoms with van der Waals surface area (Å²) in [6, 6.07) is 9.73. The predicted octanol–water partition coefficient (Wildman–Crippen LogP) is 4.42. The van der Waals surface area contributed by atoms with Crippen LogP contribution in [0.15, 0.2) is 65.8 Å². The lowest BCUT2D eigenvalue weighted by Gasteiger charge is -2.23. The zero-order valence-electron chi connectivity index (χ0n) is 17.9. The molecule has 1 aliphatic carbocycles. The second-order valence-electron chi connectivity index (χ2n) is 7.98. The molecule has 0 spiro atoms. The normalized spacial score (nSPS) is 16.7. The van der Waals surface area contributed by atoms with E-state index in [0.29, 0.717) is 16.8 Å². The number of allylic oxidation sites excluding steroid dienone is 2. The van der Waals surface area contributed by atoms with E-state index in [-0.39, 0.29) is 24.0 Å². The summed E-state index contributed by atoms with van der Waals surface area (Å²) in [5.74, 6) is -0.852. The van der Waals surface area contributed by atoms with E-state index in [1.54, 1.807) is 31.2 Å². The van der Waals surface area contributed by atoms with Gasteiger partial charge >= 0.3 is 0 Å². The molecule has 0 bridgehead atoms. The monoisotopic (exact) mass is 422 g/mol. The number of halogens is 1. The Bertz CT molecular complexity index is 1040. The highest BCUT2D eigenvalue weighted by Crippen LogP contribution is 2.25. The Kier molecular flexibility index (Phi) is 6.90. The number of phenolic OH excluding ortho intramolecular Hbond substituents is 1. The van der Waals surface area contributed by atoms with Gasteiger partial charge in [0.1, 0.15) is 17.6 Å². The van der Waals surface area contributed by atoms with Crippen LogP contribution in [0.2, 0.25) is 0 Å². The first-order valence-corrected chi connectivity index (χ1v) is 10.3. The van der Waals surface area contributed by atoms with E-state index in [2.05, 4.69) is 17.6 Å². The van der Waals surface area contributed by atoms with Crippen molar-refractivity contribution < 1.29 is 19.1 Å². The van der Waals surface area contributed by atoms with Crippen LogP contribution in [-0.2, 0) is 16.0 Å². The first-order valence-electron chi connectivity index (χ1n) is 10.3. The second kappa shape index (κ2) is 9.60. The zero-order chi connectivity index (χ0) is 22.5. The van der Waals surface area contributed by atoms with Crippen molar-refractivity contribution >= 4 is 17.5 Å². The fraction of sp³-hybridized carbons (Fsp3) is 0.280. The van der Waals surface area contributed by atoms with Gasteiger partial charge in [-0.05, 0) is 61.6 Å². The van der Waals surface area contributed by atoms with Crippen LogP contribution in [0.4, 0.5) is 10.1 Å². The third kappa shape index (κ3) is 5.60. The molecule has 0 fully saturated rings. The lowest BCUT2D eigenvalue weighted by Crippen LogP contribution is -2.46. The molecule has 0 saturated heterocycles. The maximum atomic E-state index is 13.7. The molecule has 1 aliphatic rings. The smallest absolute Gasteiger partial charge is 0.251 e. The lowest BCUT2D eigenvalue weighted by molar-refractivity contribution is -0.124. The highest BCUT2D eigenvalue weighted by atomic mass is 19.1. The average molecular weight is 423 g/mol. The van der Waals surface area contributed by atoms with Crippen LogP contribution in [0.5, 0.6) is 5.75 Å². The SMILES string of the molecule is CC1=C(C(=O)NC(Cc2ccc(O)cc2)C(=O)Nc2cc(F)ccc2C)C=CCC1C. The Morgan fingerprint density at radius 1 is 1.16 bits per heavy atom. The van der Waals surface area contributed by atoms with Crippen molar-refractivity contribution in [2.75, 3.05) is 5.32 Å².